The van der Waals surface area contributed by atoms with Crippen LogP contribution in [0.25, 0.3) is 11.1 Å². The summed E-state index contributed by atoms with van der Waals surface area (Å²) in [5.41, 5.74) is 5.03. The number of pyridine rings is 1. The van der Waals surface area contributed by atoms with Gasteiger partial charge in [0.25, 0.3) is 0 Å². The number of hydrogen-bond donors (Lipinski definition) is 0. The Morgan fingerprint density at radius 2 is 1.88 bits per heavy atom. The van der Waals surface area contributed by atoms with E-state index in [4.69, 9.17) is 11.6 Å². The molecule has 1 heterocycles. The molecule has 0 N–H and O–H groups in total. The standard InChI is InChI=1S/C14H14ClN/c1-3-11-4-5-12(8-10(11)2)13-6-7-16-14(15)9-13/h4-9H,3H2,1-2H3. The molecular formula is C14H14ClN. The minimum Gasteiger partial charge on any atom is -0.245 e. The number of nitrogens with zero attached hydrogens (tertiary/aromatic N) is 1. The van der Waals surface area contributed by atoms with Crippen LogP contribution in [0.15, 0.2) is 36.5 Å². The average Bonchev–Trinajstić information content (AvgIpc) is 2.29. The third-order valence-electron chi connectivity index (χ3n) is 2.78. The van der Waals surface area contributed by atoms with Gasteiger partial charge < -0.3 is 0 Å². The highest BCUT2D eigenvalue weighted by atomic mass is 35.5. The first-order valence-electron chi connectivity index (χ1n) is 5.42. The summed E-state index contributed by atoms with van der Waals surface area (Å²) in [5.74, 6) is 0. The van der Waals surface area contributed by atoms with Gasteiger partial charge in [-0.05, 0) is 47.7 Å². The van der Waals surface area contributed by atoms with Crippen molar-refractivity contribution in [3.05, 3.63) is 52.8 Å². The first-order valence-corrected chi connectivity index (χ1v) is 5.80. The molecule has 0 atom stereocenters. The van der Waals surface area contributed by atoms with Gasteiger partial charge in [-0.15, -0.1) is 0 Å². The second-order valence-electron chi connectivity index (χ2n) is 3.86. The van der Waals surface area contributed by atoms with Crippen LogP contribution in [-0.2, 0) is 6.42 Å². The van der Waals surface area contributed by atoms with Crippen LogP contribution >= 0.6 is 11.6 Å². The van der Waals surface area contributed by atoms with Crippen LogP contribution in [0.2, 0.25) is 5.15 Å². The van der Waals surface area contributed by atoms with Crippen LogP contribution in [0, 0.1) is 6.92 Å². The van der Waals surface area contributed by atoms with Gasteiger partial charge in [-0.1, -0.05) is 36.7 Å². The molecule has 0 saturated heterocycles. The molecule has 0 saturated carbocycles. The predicted molar refractivity (Wildman–Crippen MR) is 68.8 cm³/mol. The van der Waals surface area contributed by atoms with E-state index in [1.54, 1.807) is 6.20 Å². The summed E-state index contributed by atoms with van der Waals surface area (Å²) in [6.07, 6.45) is 2.81. The Balaban J connectivity index is 2.45. The van der Waals surface area contributed by atoms with Gasteiger partial charge in [0.15, 0.2) is 0 Å². The number of aryl methyl sites for hydroxylation is 2. The molecule has 0 bridgehead atoms. The lowest BCUT2D eigenvalue weighted by molar-refractivity contribution is 1.11. The summed E-state index contributed by atoms with van der Waals surface area (Å²) in [5, 5.41) is 0.537. The van der Waals surface area contributed by atoms with E-state index in [0.717, 1.165) is 12.0 Å². The van der Waals surface area contributed by atoms with E-state index >= 15 is 0 Å². The van der Waals surface area contributed by atoms with Crippen molar-refractivity contribution in [1.82, 2.24) is 4.98 Å². The van der Waals surface area contributed by atoms with Gasteiger partial charge in [-0.3, -0.25) is 0 Å². The molecule has 0 fully saturated rings. The van der Waals surface area contributed by atoms with E-state index in [9.17, 15) is 0 Å². The summed E-state index contributed by atoms with van der Waals surface area (Å²) in [7, 11) is 0. The Labute approximate surface area is 101 Å². The molecule has 0 aliphatic heterocycles. The fraction of sp³-hybridized carbons (Fsp3) is 0.214. The van der Waals surface area contributed by atoms with Crippen molar-refractivity contribution in [2.24, 2.45) is 0 Å². The Morgan fingerprint density at radius 1 is 1.12 bits per heavy atom. The zero-order valence-electron chi connectivity index (χ0n) is 9.50. The van der Waals surface area contributed by atoms with Crippen molar-refractivity contribution < 1.29 is 0 Å². The van der Waals surface area contributed by atoms with Crippen LogP contribution in [-0.4, -0.2) is 4.98 Å². The van der Waals surface area contributed by atoms with Crippen LogP contribution in [0.1, 0.15) is 18.1 Å². The average molecular weight is 232 g/mol. The molecule has 2 rings (SSSR count). The summed E-state index contributed by atoms with van der Waals surface area (Å²) >= 11 is 5.88. The van der Waals surface area contributed by atoms with E-state index in [0.29, 0.717) is 5.15 Å². The molecule has 0 unspecified atom stereocenters. The maximum atomic E-state index is 5.88. The van der Waals surface area contributed by atoms with E-state index in [1.165, 1.54) is 16.7 Å². The molecule has 0 radical (unpaired) electrons. The third kappa shape index (κ3) is 2.25. The quantitative estimate of drug-likeness (QED) is 0.704. The topological polar surface area (TPSA) is 12.9 Å². The summed E-state index contributed by atoms with van der Waals surface area (Å²) in [4.78, 5) is 3.99. The molecule has 1 aromatic heterocycles. The molecule has 0 amide bonds. The second-order valence-corrected chi connectivity index (χ2v) is 4.25. The third-order valence-corrected chi connectivity index (χ3v) is 2.99. The zero-order valence-corrected chi connectivity index (χ0v) is 10.3. The maximum Gasteiger partial charge on any atom is 0.129 e. The number of aromatic nitrogens is 1. The van der Waals surface area contributed by atoms with Crippen LogP contribution in [0.4, 0.5) is 0 Å². The number of hydrogen-bond acceptors (Lipinski definition) is 1. The van der Waals surface area contributed by atoms with Crippen molar-refractivity contribution in [3.63, 3.8) is 0 Å². The number of halogens is 1. The smallest absolute Gasteiger partial charge is 0.129 e. The monoisotopic (exact) mass is 231 g/mol. The van der Waals surface area contributed by atoms with Gasteiger partial charge in [0.2, 0.25) is 0 Å². The van der Waals surface area contributed by atoms with Gasteiger partial charge in [0.1, 0.15) is 5.15 Å². The van der Waals surface area contributed by atoms with E-state index in [-0.39, 0.29) is 0 Å². The van der Waals surface area contributed by atoms with Crippen molar-refractivity contribution in [1.29, 1.82) is 0 Å². The van der Waals surface area contributed by atoms with Gasteiger partial charge in [0, 0.05) is 6.20 Å². The normalized spacial score (nSPS) is 10.4. The van der Waals surface area contributed by atoms with Crippen molar-refractivity contribution in [2.75, 3.05) is 0 Å². The molecule has 0 aliphatic carbocycles. The maximum absolute atomic E-state index is 5.88. The Morgan fingerprint density at radius 3 is 2.50 bits per heavy atom. The molecule has 16 heavy (non-hydrogen) atoms. The fourth-order valence-electron chi connectivity index (χ4n) is 1.85. The molecule has 0 spiro atoms. The summed E-state index contributed by atoms with van der Waals surface area (Å²) < 4.78 is 0. The fourth-order valence-corrected chi connectivity index (χ4v) is 2.03. The number of benzene rings is 1. The first-order chi connectivity index (χ1) is 7.70. The van der Waals surface area contributed by atoms with Gasteiger partial charge in [-0.2, -0.15) is 0 Å². The lowest BCUT2D eigenvalue weighted by Gasteiger charge is -2.07. The summed E-state index contributed by atoms with van der Waals surface area (Å²) in [6.45, 7) is 4.32. The minimum atomic E-state index is 0.537. The first kappa shape index (κ1) is 11.2. The van der Waals surface area contributed by atoms with Gasteiger partial charge >= 0.3 is 0 Å². The number of rotatable bonds is 2. The lowest BCUT2D eigenvalue weighted by Crippen LogP contribution is -1.88. The largest absolute Gasteiger partial charge is 0.245 e. The highest BCUT2D eigenvalue weighted by molar-refractivity contribution is 6.29. The van der Waals surface area contributed by atoms with E-state index in [1.807, 2.05) is 12.1 Å². The molecule has 1 nitrogen and oxygen atoms in total. The minimum absolute atomic E-state index is 0.537. The van der Waals surface area contributed by atoms with Crippen LogP contribution < -0.4 is 0 Å². The second kappa shape index (κ2) is 4.67. The highest BCUT2D eigenvalue weighted by Crippen LogP contribution is 2.23. The Kier molecular flexibility index (Phi) is 3.25. The zero-order chi connectivity index (χ0) is 11.5. The molecule has 0 aliphatic rings. The highest BCUT2D eigenvalue weighted by Gasteiger charge is 2.01. The predicted octanol–water partition coefficient (Wildman–Crippen LogP) is 4.27. The molecule has 1 aromatic carbocycles. The van der Waals surface area contributed by atoms with E-state index in [2.05, 4.69) is 37.0 Å². The summed E-state index contributed by atoms with van der Waals surface area (Å²) in [6, 6.07) is 10.4. The van der Waals surface area contributed by atoms with E-state index < -0.39 is 0 Å². The Bertz CT molecular complexity index is 506. The van der Waals surface area contributed by atoms with Crippen molar-refractivity contribution in [3.8, 4) is 11.1 Å². The molecule has 2 heteroatoms. The van der Waals surface area contributed by atoms with Gasteiger partial charge in [-0.25, -0.2) is 4.98 Å². The molecular weight excluding hydrogens is 218 g/mol. The molecule has 82 valence electrons. The lowest BCUT2D eigenvalue weighted by atomic mass is 9.99. The van der Waals surface area contributed by atoms with Gasteiger partial charge in [0.05, 0.1) is 0 Å². The SMILES string of the molecule is CCc1ccc(-c2ccnc(Cl)c2)cc1C. The van der Waals surface area contributed by atoms with Crippen LogP contribution in [0.5, 0.6) is 0 Å². The van der Waals surface area contributed by atoms with Crippen LogP contribution in [0.3, 0.4) is 0 Å². The Hall–Kier alpha value is -1.34. The molecule has 2 aromatic rings. The van der Waals surface area contributed by atoms with Crippen molar-refractivity contribution >= 4 is 11.6 Å². The van der Waals surface area contributed by atoms with Crippen molar-refractivity contribution in [2.45, 2.75) is 20.3 Å².